The van der Waals surface area contributed by atoms with Gasteiger partial charge >= 0.3 is 0 Å². The quantitative estimate of drug-likeness (QED) is 0.468. The molecule has 0 aromatic heterocycles. The summed E-state index contributed by atoms with van der Waals surface area (Å²) in [6, 6.07) is 13.9. The average Bonchev–Trinajstić information content (AvgIpc) is 2.59. The maximum Gasteiger partial charge on any atom is 0.122 e. The van der Waals surface area contributed by atoms with Crippen LogP contribution >= 0.6 is 0 Å². The van der Waals surface area contributed by atoms with Crippen LogP contribution in [0.3, 0.4) is 0 Å². The number of para-hydroxylation sites is 2. The van der Waals surface area contributed by atoms with Crippen LogP contribution < -0.4 is 5.32 Å². The molecule has 0 saturated heterocycles. The lowest BCUT2D eigenvalue weighted by molar-refractivity contribution is 0.473. The van der Waals surface area contributed by atoms with Crippen molar-refractivity contribution in [2.24, 2.45) is 0 Å². The Balaban J connectivity index is 2.34. The van der Waals surface area contributed by atoms with Crippen LogP contribution in [0.2, 0.25) is 0 Å². The first-order chi connectivity index (χ1) is 12.1. The Labute approximate surface area is 147 Å². The van der Waals surface area contributed by atoms with Gasteiger partial charge in [0, 0.05) is 47.8 Å². The second-order valence-corrected chi connectivity index (χ2v) is 5.40. The molecule has 0 aliphatic carbocycles. The lowest BCUT2D eigenvalue weighted by atomic mass is 10.1. The number of phenols is 2. The molecule has 0 unspecified atom stereocenters. The third-order valence-electron chi connectivity index (χ3n) is 3.50. The van der Waals surface area contributed by atoms with Gasteiger partial charge in [0.1, 0.15) is 11.5 Å². The van der Waals surface area contributed by atoms with Gasteiger partial charge in [-0.25, -0.2) is 0 Å². The van der Waals surface area contributed by atoms with Gasteiger partial charge in [0.2, 0.25) is 0 Å². The summed E-state index contributed by atoms with van der Waals surface area (Å²) in [6.45, 7) is 0. The monoisotopic (exact) mass is 335 g/mol. The molecule has 0 heterocycles. The van der Waals surface area contributed by atoms with Gasteiger partial charge in [-0.15, -0.1) is 0 Å². The highest BCUT2D eigenvalue weighted by molar-refractivity contribution is 5.69. The lowest BCUT2D eigenvalue weighted by Crippen LogP contribution is -2.13. The van der Waals surface area contributed by atoms with Crippen molar-refractivity contribution >= 4 is 24.6 Å². The summed E-state index contributed by atoms with van der Waals surface area (Å²) in [4.78, 5) is 0. The third kappa shape index (κ3) is 5.35. The van der Waals surface area contributed by atoms with Gasteiger partial charge in [-0.1, -0.05) is 36.4 Å². The van der Waals surface area contributed by atoms with Gasteiger partial charge in [0.15, 0.2) is 0 Å². The third-order valence-corrected chi connectivity index (χ3v) is 3.50. The molecule has 2 aromatic carbocycles. The fourth-order valence-corrected chi connectivity index (χ4v) is 2.31. The Kier molecular flexibility index (Phi) is 6.54. The number of benzene rings is 2. The van der Waals surface area contributed by atoms with Crippen molar-refractivity contribution < 1.29 is 10.2 Å². The first-order valence-corrected chi connectivity index (χ1v) is 7.86. The molecule has 0 atom stereocenters. The highest BCUT2D eigenvalue weighted by Gasteiger charge is 2.05. The highest BCUT2D eigenvalue weighted by atomic mass is 16.3. The minimum Gasteiger partial charge on any atom is -0.507 e. The number of rotatable bonds is 8. The van der Waals surface area contributed by atoms with E-state index >= 15 is 0 Å². The summed E-state index contributed by atoms with van der Waals surface area (Å²) in [5.41, 5.74) is 2.70. The van der Waals surface area contributed by atoms with Crippen molar-refractivity contribution in [2.45, 2.75) is 12.8 Å². The number of allylic oxidation sites excluding steroid dienone is 2. The van der Waals surface area contributed by atoms with E-state index in [1.54, 1.807) is 48.6 Å². The zero-order valence-electron chi connectivity index (χ0n) is 13.7. The minimum absolute atomic E-state index is 0.157. The van der Waals surface area contributed by atoms with Gasteiger partial charge in [-0.05, 0) is 24.3 Å². The molecule has 2 aromatic rings. The number of hydrogen-bond donors (Lipinski definition) is 5. The van der Waals surface area contributed by atoms with E-state index in [1.165, 1.54) is 12.4 Å². The molecule has 5 nitrogen and oxygen atoms in total. The molecule has 0 radical (unpaired) electrons. The zero-order chi connectivity index (χ0) is 18.1. The maximum atomic E-state index is 9.92. The SMILES string of the molecule is N=CC/C(=C\c1ccccc1O)N/C(=C/c1ccccc1O)CC=N. The fourth-order valence-electron chi connectivity index (χ4n) is 2.31. The summed E-state index contributed by atoms with van der Waals surface area (Å²) in [7, 11) is 0. The molecule has 2 rings (SSSR count). The maximum absolute atomic E-state index is 9.92. The van der Waals surface area contributed by atoms with E-state index < -0.39 is 0 Å². The number of phenolic OH excluding ortho intramolecular Hbond substituents is 2. The summed E-state index contributed by atoms with van der Waals surface area (Å²) < 4.78 is 0. The Hall–Kier alpha value is -3.34. The average molecular weight is 335 g/mol. The number of aromatic hydroxyl groups is 2. The highest BCUT2D eigenvalue weighted by Crippen LogP contribution is 2.22. The van der Waals surface area contributed by atoms with E-state index in [4.69, 9.17) is 10.8 Å². The molecule has 5 N–H and O–H groups in total. The first kappa shape index (κ1) is 18.0. The standard InChI is InChI=1S/C20H21N3O2/c21-11-9-17(13-15-5-1-3-7-19(15)24)23-18(10-12-22)14-16-6-2-4-8-20(16)25/h1-8,11-14,21-25H,9-10H2/b17-13+,18-14+,21-11?,22-12?. The van der Waals surface area contributed by atoms with E-state index in [2.05, 4.69) is 5.32 Å². The Morgan fingerprint density at radius 2 is 1.16 bits per heavy atom. The molecule has 0 fully saturated rings. The predicted octanol–water partition coefficient (Wildman–Crippen LogP) is 4.15. The molecule has 0 aliphatic rings. The zero-order valence-corrected chi connectivity index (χ0v) is 13.7. The second-order valence-electron chi connectivity index (χ2n) is 5.40. The van der Waals surface area contributed by atoms with Gasteiger partial charge in [0.05, 0.1) is 0 Å². The van der Waals surface area contributed by atoms with E-state index in [9.17, 15) is 10.2 Å². The first-order valence-electron chi connectivity index (χ1n) is 7.86. The summed E-state index contributed by atoms with van der Waals surface area (Å²) >= 11 is 0. The van der Waals surface area contributed by atoms with Crippen LogP contribution in [0, 0.1) is 10.8 Å². The van der Waals surface area contributed by atoms with Gasteiger partial charge in [-0.3, -0.25) is 0 Å². The summed E-state index contributed by atoms with van der Waals surface area (Å²) in [6.07, 6.45) is 6.77. The van der Waals surface area contributed by atoms with Gasteiger partial charge in [-0.2, -0.15) is 0 Å². The van der Waals surface area contributed by atoms with E-state index in [0.29, 0.717) is 35.4 Å². The number of hydrogen-bond acceptors (Lipinski definition) is 5. The Bertz CT molecular complexity index is 743. The van der Waals surface area contributed by atoms with Crippen molar-refractivity contribution in [1.82, 2.24) is 5.32 Å². The molecule has 0 aliphatic heterocycles. The molecular weight excluding hydrogens is 314 g/mol. The second kappa shape index (κ2) is 9.08. The van der Waals surface area contributed by atoms with Crippen molar-refractivity contribution in [2.75, 3.05) is 0 Å². The van der Waals surface area contributed by atoms with Crippen LogP contribution in [0.15, 0.2) is 59.9 Å². The topological polar surface area (TPSA) is 100 Å². The van der Waals surface area contributed by atoms with Crippen LogP contribution in [0.1, 0.15) is 24.0 Å². The summed E-state index contributed by atoms with van der Waals surface area (Å²) in [5.74, 6) is 0.315. The predicted molar refractivity (Wildman–Crippen MR) is 102 cm³/mol. The largest absolute Gasteiger partial charge is 0.507 e. The minimum atomic E-state index is 0.157. The van der Waals surface area contributed by atoms with Crippen molar-refractivity contribution in [1.29, 1.82) is 10.8 Å². The molecule has 0 spiro atoms. The van der Waals surface area contributed by atoms with Crippen molar-refractivity contribution in [3.8, 4) is 11.5 Å². The van der Waals surface area contributed by atoms with E-state index in [0.717, 1.165) is 0 Å². The molecular formula is C20H21N3O2. The number of nitrogens with one attached hydrogen (secondary N) is 3. The van der Waals surface area contributed by atoms with Gasteiger partial charge in [0.25, 0.3) is 0 Å². The molecule has 25 heavy (non-hydrogen) atoms. The van der Waals surface area contributed by atoms with Crippen molar-refractivity contribution in [3.05, 3.63) is 71.1 Å². The van der Waals surface area contributed by atoms with Crippen LogP contribution in [-0.2, 0) is 0 Å². The summed E-state index contributed by atoms with van der Waals surface area (Å²) in [5, 5.41) is 37.8. The smallest absolute Gasteiger partial charge is 0.122 e. The van der Waals surface area contributed by atoms with Gasteiger partial charge < -0.3 is 26.3 Å². The van der Waals surface area contributed by atoms with E-state index in [-0.39, 0.29) is 11.5 Å². The van der Waals surface area contributed by atoms with Crippen LogP contribution in [0.4, 0.5) is 0 Å². The fraction of sp³-hybridized carbons (Fsp3) is 0.100. The lowest BCUT2D eigenvalue weighted by Gasteiger charge is -2.13. The molecule has 128 valence electrons. The Morgan fingerprint density at radius 1 is 0.760 bits per heavy atom. The Morgan fingerprint density at radius 3 is 1.52 bits per heavy atom. The van der Waals surface area contributed by atoms with Crippen LogP contribution in [-0.4, -0.2) is 22.6 Å². The molecule has 0 bridgehead atoms. The van der Waals surface area contributed by atoms with Crippen LogP contribution in [0.5, 0.6) is 11.5 Å². The van der Waals surface area contributed by atoms with Crippen molar-refractivity contribution in [3.63, 3.8) is 0 Å². The normalized spacial score (nSPS) is 11.8. The van der Waals surface area contributed by atoms with Crippen LogP contribution in [0.25, 0.3) is 12.2 Å². The molecule has 5 heteroatoms. The molecule has 0 saturated carbocycles. The molecule has 0 amide bonds. The van der Waals surface area contributed by atoms with E-state index in [1.807, 2.05) is 12.1 Å².